The quantitative estimate of drug-likeness (QED) is 0.638. The van der Waals surface area contributed by atoms with E-state index in [-0.39, 0.29) is 6.10 Å². The van der Waals surface area contributed by atoms with Crippen molar-refractivity contribution >= 4 is 0 Å². The van der Waals surface area contributed by atoms with Crippen molar-refractivity contribution in [1.29, 1.82) is 0 Å². The Morgan fingerprint density at radius 2 is 1.10 bits per heavy atom. The van der Waals surface area contributed by atoms with Gasteiger partial charge in [-0.2, -0.15) is 0 Å². The molecule has 0 unspecified atom stereocenters. The number of benzene rings is 3. The molecule has 0 aromatic heterocycles. The minimum absolute atomic E-state index is 0.0894. The minimum atomic E-state index is -0.0894. The first-order valence-corrected chi connectivity index (χ1v) is 7.17. The van der Waals surface area contributed by atoms with Gasteiger partial charge in [0, 0.05) is 0 Å². The molecule has 0 aliphatic carbocycles. The molecule has 3 aromatic carbocycles. The molecule has 3 aromatic rings. The Labute approximate surface area is 125 Å². The lowest BCUT2D eigenvalue weighted by atomic mass is 10.0. The Kier molecular flexibility index (Phi) is 4.02. The number of aryl methyl sites for hydroxylation is 1. The van der Waals surface area contributed by atoms with Crippen molar-refractivity contribution in [3.8, 4) is 5.75 Å². The van der Waals surface area contributed by atoms with Gasteiger partial charge in [-0.1, -0.05) is 78.9 Å². The fourth-order valence-corrected chi connectivity index (χ4v) is 2.40. The molecule has 0 saturated heterocycles. The van der Waals surface area contributed by atoms with E-state index in [4.69, 9.17) is 4.74 Å². The second kappa shape index (κ2) is 6.27. The molecule has 0 atom stereocenters. The van der Waals surface area contributed by atoms with Crippen LogP contribution in [0.2, 0.25) is 0 Å². The number of para-hydroxylation sites is 1. The Morgan fingerprint density at radius 1 is 0.619 bits per heavy atom. The van der Waals surface area contributed by atoms with Crippen LogP contribution in [0.15, 0.2) is 84.9 Å². The Morgan fingerprint density at radius 3 is 1.62 bits per heavy atom. The van der Waals surface area contributed by atoms with Gasteiger partial charge in [-0.3, -0.25) is 0 Å². The van der Waals surface area contributed by atoms with Crippen molar-refractivity contribution in [2.75, 3.05) is 0 Å². The largest absolute Gasteiger partial charge is 0.481 e. The Hall–Kier alpha value is -2.54. The van der Waals surface area contributed by atoms with Gasteiger partial charge in [-0.15, -0.1) is 0 Å². The summed E-state index contributed by atoms with van der Waals surface area (Å²) in [5.74, 6) is 0.926. The van der Waals surface area contributed by atoms with Gasteiger partial charge >= 0.3 is 0 Å². The molecule has 0 bridgehead atoms. The van der Waals surface area contributed by atoms with Crippen LogP contribution in [-0.2, 0) is 0 Å². The molecule has 0 fully saturated rings. The predicted molar refractivity (Wildman–Crippen MR) is 86.5 cm³/mol. The lowest BCUT2D eigenvalue weighted by Gasteiger charge is -2.21. The molecule has 0 saturated carbocycles. The molecule has 3 rings (SSSR count). The highest BCUT2D eigenvalue weighted by molar-refractivity contribution is 5.36. The predicted octanol–water partition coefficient (Wildman–Crippen LogP) is 5.16. The van der Waals surface area contributed by atoms with Crippen LogP contribution in [-0.4, -0.2) is 0 Å². The van der Waals surface area contributed by atoms with E-state index in [2.05, 4.69) is 37.3 Å². The van der Waals surface area contributed by atoms with Crippen LogP contribution in [0.5, 0.6) is 5.75 Å². The lowest BCUT2D eigenvalue weighted by molar-refractivity contribution is 0.245. The van der Waals surface area contributed by atoms with Crippen LogP contribution in [0.4, 0.5) is 0 Å². The molecular formula is C20H18O. The summed E-state index contributed by atoms with van der Waals surface area (Å²) in [7, 11) is 0. The van der Waals surface area contributed by atoms with Crippen molar-refractivity contribution < 1.29 is 4.74 Å². The highest BCUT2D eigenvalue weighted by Gasteiger charge is 2.16. The fourth-order valence-electron chi connectivity index (χ4n) is 2.40. The number of ether oxygens (including phenoxy) is 1. The maximum atomic E-state index is 6.32. The summed E-state index contributed by atoms with van der Waals surface area (Å²) in [5.41, 5.74) is 3.47. The maximum absolute atomic E-state index is 6.32. The van der Waals surface area contributed by atoms with E-state index >= 15 is 0 Å². The van der Waals surface area contributed by atoms with Crippen molar-refractivity contribution in [3.05, 3.63) is 102 Å². The van der Waals surface area contributed by atoms with Gasteiger partial charge in [0.05, 0.1) is 0 Å². The van der Waals surface area contributed by atoms with Gasteiger partial charge in [0.15, 0.2) is 0 Å². The average molecular weight is 274 g/mol. The van der Waals surface area contributed by atoms with Crippen LogP contribution >= 0.6 is 0 Å². The molecule has 0 radical (unpaired) electrons. The second-order valence-electron chi connectivity index (χ2n) is 5.08. The fraction of sp³-hybridized carbons (Fsp3) is 0.100. The SMILES string of the molecule is Cc1ccccc1OC(c1ccccc1)c1ccccc1. The zero-order valence-corrected chi connectivity index (χ0v) is 12.1. The molecule has 0 N–H and O–H groups in total. The normalized spacial score (nSPS) is 10.6. The van der Waals surface area contributed by atoms with Crippen molar-refractivity contribution in [1.82, 2.24) is 0 Å². The average Bonchev–Trinajstić information content (AvgIpc) is 2.56. The number of hydrogen-bond acceptors (Lipinski definition) is 1. The highest BCUT2D eigenvalue weighted by Crippen LogP contribution is 2.29. The molecule has 21 heavy (non-hydrogen) atoms. The molecule has 0 spiro atoms. The van der Waals surface area contributed by atoms with Crippen LogP contribution in [0, 0.1) is 6.92 Å². The third-order valence-corrected chi connectivity index (χ3v) is 3.54. The summed E-state index contributed by atoms with van der Waals surface area (Å²) in [4.78, 5) is 0. The van der Waals surface area contributed by atoms with Crippen LogP contribution in [0.25, 0.3) is 0 Å². The molecule has 0 aliphatic rings. The minimum Gasteiger partial charge on any atom is -0.481 e. The summed E-state index contributed by atoms with van der Waals surface area (Å²) in [6.45, 7) is 2.07. The molecule has 1 heteroatoms. The maximum Gasteiger partial charge on any atom is 0.149 e. The number of hydrogen-bond donors (Lipinski definition) is 0. The molecule has 1 nitrogen and oxygen atoms in total. The first-order chi connectivity index (χ1) is 10.3. The topological polar surface area (TPSA) is 9.23 Å². The van der Waals surface area contributed by atoms with Gasteiger partial charge in [0.2, 0.25) is 0 Å². The summed E-state index contributed by atoms with van der Waals surface area (Å²) in [6, 6.07) is 28.8. The van der Waals surface area contributed by atoms with E-state index < -0.39 is 0 Å². The molecule has 0 heterocycles. The first-order valence-electron chi connectivity index (χ1n) is 7.17. The van der Waals surface area contributed by atoms with Crippen molar-refractivity contribution in [2.24, 2.45) is 0 Å². The van der Waals surface area contributed by atoms with Gasteiger partial charge in [0.25, 0.3) is 0 Å². The van der Waals surface area contributed by atoms with E-state index in [1.807, 2.05) is 54.6 Å². The lowest BCUT2D eigenvalue weighted by Crippen LogP contribution is -2.09. The third kappa shape index (κ3) is 3.14. The standard InChI is InChI=1S/C20H18O/c1-16-10-8-9-15-19(16)21-20(17-11-4-2-5-12-17)18-13-6-3-7-14-18/h2-15,20H,1H3. The highest BCUT2D eigenvalue weighted by atomic mass is 16.5. The van der Waals surface area contributed by atoms with E-state index in [1.165, 1.54) is 0 Å². The van der Waals surface area contributed by atoms with E-state index in [9.17, 15) is 0 Å². The Balaban J connectivity index is 1.99. The van der Waals surface area contributed by atoms with E-state index in [1.54, 1.807) is 0 Å². The zero-order valence-electron chi connectivity index (χ0n) is 12.1. The van der Waals surface area contributed by atoms with Crippen LogP contribution < -0.4 is 4.74 Å². The summed E-state index contributed by atoms with van der Waals surface area (Å²) >= 11 is 0. The van der Waals surface area contributed by atoms with Crippen molar-refractivity contribution in [2.45, 2.75) is 13.0 Å². The van der Waals surface area contributed by atoms with Gasteiger partial charge in [-0.25, -0.2) is 0 Å². The van der Waals surface area contributed by atoms with Crippen LogP contribution in [0.1, 0.15) is 22.8 Å². The van der Waals surface area contributed by atoms with E-state index in [0.29, 0.717) is 0 Å². The number of rotatable bonds is 4. The molecule has 104 valence electrons. The molecule has 0 aliphatic heterocycles. The first kappa shape index (κ1) is 13.4. The van der Waals surface area contributed by atoms with E-state index in [0.717, 1.165) is 22.4 Å². The summed E-state index contributed by atoms with van der Waals surface area (Å²) < 4.78 is 6.32. The van der Waals surface area contributed by atoms with Gasteiger partial charge in [-0.05, 0) is 29.7 Å². The smallest absolute Gasteiger partial charge is 0.149 e. The zero-order chi connectivity index (χ0) is 14.5. The second-order valence-corrected chi connectivity index (χ2v) is 5.08. The Bertz CT molecular complexity index is 650. The molecular weight excluding hydrogens is 256 g/mol. The van der Waals surface area contributed by atoms with Crippen molar-refractivity contribution in [3.63, 3.8) is 0 Å². The summed E-state index contributed by atoms with van der Waals surface area (Å²) in [6.07, 6.45) is -0.0894. The monoisotopic (exact) mass is 274 g/mol. The summed E-state index contributed by atoms with van der Waals surface area (Å²) in [5, 5.41) is 0. The van der Waals surface area contributed by atoms with Gasteiger partial charge in [0.1, 0.15) is 11.9 Å². The van der Waals surface area contributed by atoms with Crippen LogP contribution in [0.3, 0.4) is 0 Å². The third-order valence-electron chi connectivity index (χ3n) is 3.54. The van der Waals surface area contributed by atoms with Gasteiger partial charge < -0.3 is 4.74 Å². The molecule has 0 amide bonds.